The summed E-state index contributed by atoms with van der Waals surface area (Å²) in [6.07, 6.45) is -0.939. The molecule has 1 fully saturated rings. The summed E-state index contributed by atoms with van der Waals surface area (Å²) in [6.45, 7) is 15.2. The van der Waals surface area contributed by atoms with Crippen molar-refractivity contribution in [2.45, 2.75) is 71.4 Å². The van der Waals surface area contributed by atoms with Crippen LogP contribution in [0, 0.1) is 12.5 Å². The normalized spacial score (nSPS) is 26.1. The van der Waals surface area contributed by atoms with Crippen LogP contribution in [0.3, 0.4) is 0 Å². The molecule has 1 aliphatic carbocycles. The molecular weight excluding hydrogens is 398 g/mol. The van der Waals surface area contributed by atoms with E-state index in [1.165, 1.54) is 16.8 Å². The van der Waals surface area contributed by atoms with Gasteiger partial charge in [-0.05, 0) is 40.0 Å². The van der Waals surface area contributed by atoms with Crippen LogP contribution in [-0.2, 0) is 9.05 Å². The standard InChI is InChI=1S/C19H30FN4O4P/c1-12(2)24(13(3)4)29(27-10-8-21-6)28-18-14(5)11-15(17(18)20)23-9-7-16(25)22-19(23)26/h7,9,12-15,17-18H,8,10-11H2,1-5H3,(H,22,25,26)/t14-,15+,17-,18+,29?/m0/s1/i5D. The Labute approximate surface area is 173 Å². The number of rotatable bonds is 9. The fraction of sp³-hybridized carbons (Fsp3) is 0.737. The van der Waals surface area contributed by atoms with Crippen molar-refractivity contribution < 1.29 is 14.8 Å². The number of H-pyrrole nitrogens is 1. The zero-order valence-corrected chi connectivity index (χ0v) is 18.1. The molecule has 1 unspecified atom stereocenters. The first-order valence-electron chi connectivity index (χ1n) is 10.4. The van der Waals surface area contributed by atoms with Gasteiger partial charge in [0.2, 0.25) is 6.54 Å². The van der Waals surface area contributed by atoms with E-state index < -0.39 is 44.0 Å². The Morgan fingerprint density at radius 3 is 2.69 bits per heavy atom. The van der Waals surface area contributed by atoms with Crippen molar-refractivity contribution in [2.75, 3.05) is 13.2 Å². The topological polar surface area (TPSA) is 80.9 Å². The van der Waals surface area contributed by atoms with Crippen LogP contribution in [0.25, 0.3) is 4.85 Å². The Balaban J connectivity index is 2.29. The highest BCUT2D eigenvalue weighted by atomic mass is 31.2. The molecule has 8 nitrogen and oxygen atoms in total. The Morgan fingerprint density at radius 1 is 1.45 bits per heavy atom. The van der Waals surface area contributed by atoms with E-state index in [1.54, 1.807) is 0 Å². The second-order valence-electron chi connectivity index (χ2n) is 7.62. The average molecular weight is 429 g/mol. The molecule has 0 aliphatic heterocycles. The molecule has 0 spiro atoms. The smallest absolute Gasteiger partial charge is 0.315 e. The summed E-state index contributed by atoms with van der Waals surface area (Å²) in [4.78, 5) is 28.9. The first-order chi connectivity index (χ1) is 14.2. The van der Waals surface area contributed by atoms with Crippen molar-refractivity contribution in [1.82, 2.24) is 14.2 Å². The minimum atomic E-state index is -1.66. The number of hydrogen-bond donors (Lipinski definition) is 1. The van der Waals surface area contributed by atoms with Crippen LogP contribution in [0.2, 0.25) is 0 Å². The summed E-state index contributed by atoms with van der Waals surface area (Å²) in [5.74, 6) is -0.431. The molecule has 1 saturated carbocycles. The molecule has 0 saturated heterocycles. The van der Waals surface area contributed by atoms with Gasteiger partial charge < -0.3 is 13.9 Å². The summed E-state index contributed by atoms with van der Waals surface area (Å²) in [7, 11) is -1.66. The lowest BCUT2D eigenvalue weighted by Gasteiger charge is -2.37. The molecule has 5 atom stereocenters. The molecule has 1 aromatic rings. The van der Waals surface area contributed by atoms with Gasteiger partial charge in [0.25, 0.3) is 14.1 Å². The summed E-state index contributed by atoms with van der Waals surface area (Å²) >= 11 is 0. The molecule has 162 valence electrons. The minimum absolute atomic E-state index is 0.0612. The van der Waals surface area contributed by atoms with Crippen molar-refractivity contribution >= 4 is 8.53 Å². The van der Waals surface area contributed by atoms with Gasteiger partial charge in [-0.25, -0.2) is 20.4 Å². The molecule has 0 aromatic carbocycles. The van der Waals surface area contributed by atoms with Crippen LogP contribution in [-0.4, -0.2) is 51.7 Å². The first-order valence-corrected chi connectivity index (χ1v) is 10.8. The SMILES string of the molecule is [2H]C[C@H]1C[C@@H](n2ccc(=O)[nH]c2=O)[C@H](F)[C@@H]1OP(OCC[N+]#[C-])N(C(C)C)C(C)C. The maximum Gasteiger partial charge on any atom is 0.328 e. The zero-order chi connectivity index (χ0) is 22.4. The minimum Gasteiger partial charge on any atom is -0.315 e. The van der Waals surface area contributed by atoms with Crippen LogP contribution in [0.4, 0.5) is 4.39 Å². The molecule has 1 N–H and O–H groups in total. The molecule has 29 heavy (non-hydrogen) atoms. The molecule has 0 bridgehead atoms. The molecule has 10 heteroatoms. The van der Waals surface area contributed by atoms with Crippen LogP contribution >= 0.6 is 8.53 Å². The molecule has 2 rings (SSSR count). The van der Waals surface area contributed by atoms with Gasteiger partial charge in [0, 0.05) is 25.7 Å². The van der Waals surface area contributed by atoms with E-state index in [0.717, 1.165) is 0 Å². The Kier molecular flexibility index (Phi) is 7.96. The molecule has 1 aromatic heterocycles. The van der Waals surface area contributed by atoms with Crippen molar-refractivity contribution in [1.29, 1.82) is 0 Å². The third-order valence-electron chi connectivity index (χ3n) is 4.76. The van der Waals surface area contributed by atoms with E-state index in [9.17, 15) is 9.59 Å². The predicted molar refractivity (Wildman–Crippen MR) is 110 cm³/mol. The highest BCUT2D eigenvalue weighted by Crippen LogP contribution is 2.51. The van der Waals surface area contributed by atoms with E-state index in [2.05, 4.69) is 9.83 Å². The lowest BCUT2D eigenvalue weighted by molar-refractivity contribution is 0.0608. The van der Waals surface area contributed by atoms with Crippen molar-refractivity contribution in [3.05, 3.63) is 44.5 Å². The fourth-order valence-electron chi connectivity index (χ4n) is 3.55. The second-order valence-corrected chi connectivity index (χ2v) is 9.02. The summed E-state index contributed by atoms with van der Waals surface area (Å²) < 4.78 is 38.6. The maximum absolute atomic E-state index is 15.5. The van der Waals surface area contributed by atoms with Crippen molar-refractivity contribution in [3.8, 4) is 0 Å². The largest absolute Gasteiger partial charge is 0.328 e. The number of hydrogen-bond acceptors (Lipinski definition) is 5. The lowest BCUT2D eigenvalue weighted by Crippen LogP contribution is -2.38. The second kappa shape index (κ2) is 10.4. The van der Waals surface area contributed by atoms with E-state index in [-0.39, 0.29) is 38.6 Å². The zero-order valence-electron chi connectivity index (χ0n) is 18.2. The van der Waals surface area contributed by atoms with Crippen LogP contribution in [0.15, 0.2) is 21.9 Å². The summed E-state index contributed by atoms with van der Waals surface area (Å²) in [6, 6.07) is 0.477. The van der Waals surface area contributed by atoms with Crippen LogP contribution < -0.4 is 11.2 Å². The van der Waals surface area contributed by atoms with Gasteiger partial charge in [0.15, 0.2) is 0 Å². The van der Waals surface area contributed by atoms with Crippen molar-refractivity contribution in [2.24, 2.45) is 5.92 Å². The van der Waals surface area contributed by atoms with Crippen molar-refractivity contribution in [3.63, 3.8) is 0 Å². The summed E-state index contributed by atoms with van der Waals surface area (Å²) in [5, 5.41) is 0. The first kappa shape index (κ1) is 22.1. The van der Waals surface area contributed by atoms with Gasteiger partial charge in [-0.1, -0.05) is 6.90 Å². The third-order valence-corrected chi connectivity index (χ3v) is 6.89. The number of nitrogens with one attached hydrogen (secondary N) is 1. The lowest BCUT2D eigenvalue weighted by atomic mass is 10.1. The van der Waals surface area contributed by atoms with Gasteiger partial charge in [-0.15, -0.1) is 0 Å². The average Bonchev–Trinajstić information content (AvgIpc) is 2.97. The summed E-state index contributed by atoms with van der Waals surface area (Å²) in [5.41, 5.74) is -1.23. The number of aromatic nitrogens is 2. The predicted octanol–water partition coefficient (Wildman–Crippen LogP) is 3.12. The monoisotopic (exact) mass is 429 g/mol. The van der Waals surface area contributed by atoms with E-state index in [4.69, 9.17) is 17.0 Å². The number of aromatic amines is 1. The van der Waals surface area contributed by atoms with Gasteiger partial charge in [-0.2, -0.15) is 0 Å². The molecular formula is C19H30FN4O4P. The third kappa shape index (κ3) is 5.73. The van der Waals surface area contributed by atoms with Gasteiger partial charge in [0.05, 0.1) is 6.04 Å². The van der Waals surface area contributed by atoms with Gasteiger partial charge >= 0.3 is 5.69 Å². The highest BCUT2D eigenvalue weighted by Gasteiger charge is 2.46. The molecule has 1 heterocycles. The number of halogens is 1. The Morgan fingerprint density at radius 2 is 2.14 bits per heavy atom. The Bertz CT molecular complexity index is 835. The Hall–Kier alpha value is -1.59. The van der Waals surface area contributed by atoms with Crippen LogP contribution in [0.1, 0.15) is 48.4 Å². The van der Waals surface area contributed by atoms with Gasteiger partial charge in [-0.3, -0.25) is 14.3 Å². The quantitative estimate of drug-likeness (QED) is 0.371. The maximum atomic E-state index is 15.5. The molecule has 1 aliphatic rings. The number of alkyl halides is 1. The van der Waals surface area contributed by atoms with E-state index >= 15 is 4.39 Å². The molecule has 0 amide bonds. The molecule has 0 radical (unpaired) electrons. The van der Waals surface area contributed by atoms with E-state index in [1.807, 2.05) is 32.4 Å². The highest BCUT2D eigenvalue weighted by molar-refractivity contribution is 7.44. The van der Waals surface area contributed by atoms with Crippen LogP contribution in [0.5, 0.6) is 0 Å². The number of nitrogens with zero attached hydrogens (tertiary/aromatic N) is 3. The van der Waals surface area contributed by atoms with E-state index in [0.29, 0.717) is 0 Å². The van der Waals surface area contributed by atoms with Gasteiger partial charge in [0.1, 0.15) is 18.9 Å². The fourth-order valence-corrected chi connectivity index (χ4v) is 5.34.